The molecule has 1 heterocycles. The van der Waals surface area contributed by atoms with Gasteiger partial charge in [-0.3, -0.25) is 9.59 Å². The van der Waals surface area contributed by atoms with Crippen LogP contribution in [0.4, 0.5) is 0 Å². The van der Waals surface area contributed by atoms with Crippen molar-refractivity contribution in [2.45, 2.75) is 32.7 Å². The number of hydrogen-bond donors (Lipinski definition) is 2. The highest BCUT2D eigenvalue weighted by atomic mass is 16.2. The van der Waals surface area contributed by atoms with Crippen molar-refractivity contribution >= 4 is 22.7 Å². The summed E-state index contributed by atoms with van der Waals surface area (Å²) in [6.07, 6.45) is 2.76. The monoisotopic (exact) mass is 315 g/mol. The third-order valence-electron chi connectivity index (χ3n) is 3.81. The molecule has 2 amide bonds. The summed E-state index contributed by atoms with van der Waals surface area (Å²) in [7, 11) is 3.42. The Morgan fingerprint density at radius 2 is 1.91 bits per heavy atom. The number of para-hydroxylation sites is 1. The molecule has 1 atom stereocenters. The van der Waals surface area contributed by atoms with E-state index in [0.29, 0.717) is 12.3 Å². The van der Waals surface area contributed by atoms with Crippen LogP contribution in [-0.4, -0.2) is 41.8 Å². The summed E-state index contributed by atoms with van der Waals surface area (Å²) in [6, 6.07) is 7.41. The van der Waals surface area contributed by atoms with E-state index in [4.69, 9.17) is 0 Å². The standard InChI is InChI=1S/C18H25N3O2/c1-12(2)9-16(18(23)21(3)4)20-17(22)10-13-11-19-15-8-6-5-7-14(13)15/h5-8,11-12,16,19H,9-10H2,1-4H3,(H,20,22)/t16-/m1/s1. The number of hydrogen-bond acceptors (Lipinski definition) is 2. The Morgan fingerprint density at radius 3 is 2.57 bits per heavy atom. The number of carbonyl (C=O) groups is 2. The van der Waals surface area contributed by atoms with E-state index in [1.807, 2.05) is 44.3 Å². The maximum Gasteiger partial charge on any atom is 0.244 e. The molecule has 2 rings (SSSR count). The first-order valence-electron chi connectivity index (χ1n) is 7.94. The van der Waals surface area contributed by atoms with Crippen LogP contribution < -0.4 is 5.32 Å². The molecule has 0 aliphatic heterocycles. The lowest BCUT2D eigenvalue weighted by Gasteiger charge is -2.23. The number of amides is 2. The van der Waals surface area contributed by atoms with Gasteiger partial charge in [0.2, 0.25) is 11.8 Å². The SMILES string of the molecule is CC(C)C[C@@H](NC(=O)Cc1c[nH]c2ccccc12)C(=O)N(C)C. The van der Waals surface area contributed by atoms with E-state index in [9.17, 15) is 9.59 Å². The number of benzene rings is 1. The Kier molecular flexibility index (Phi) is 5.42. The fourth-order valence-corrected chi connectivity index (χ4v) is 2.70. The number of carbonyl (C=O) groups excluding carboxylic acids is 2. The van der Waals surface area contributed by atoms with Crippen molar-refractivity contribution in [1.29, 1.82) is 0 Å². The summed E-state index contributed by atoms with van der Waals surface area (Å²) < 4.78 is 0. The van der Waals surface area contributed by atoms with E-state index in [1.54, 1.807) is 14.1 Å². The molecule has 1 aromatic heterocycles. The van der Waals surface area contributed by atoms with Gasteiger partial charge >= 0.3 is 0 Å². The number of rotatable bonds is 6. The third-order valence-corrected chi connectivity index (χ3v) is 3.81. The number of fused-ring (bicyclic) bond motifs is 1. The minimum atomic E-state index is -0.470. The summed E-state index contributed by atoms with van der Waals surface area (Å²) in [5.74, 6) is 0.138. The average molecular weight is 315 g/mol. The number of nitrogens with zero attached hydrogens (tertiary/aromatic N) is 1. The van der Waals surface area contributed by atoms with Crippen molar-refractivity contribution in [3.05, 3.63) is 36.0 Å². The number of H-pyrrole nitrogens is 1. The van der Waals surface area contributed by atoms with Gasteiger partial charge in [-0.15, -0.1) is 0 Å². The van der Waals surface area contributed by atoms with Gasteiger partial charge in [-0.1, -0.05) is 32.0 Å². The second kappa shape index (κ2) is 7.31. The van der Waals surface area contributed by atoms with Gasteiger partial charge in [0, 0.05) is 31.2 Å². The van der Waals surface area contributed by atoms with Crippen LogP contribution in [0, 0.1) is 5.92 Å². The van der Waals surface area contributed by atoms with E-state index >= 15 is 0 Å². The van der Waals surface area contributed by atoms with Crippen LogP contribution in [0.25, 0.3) is 10.9 Å². The van der Waals surface area contributed by atoms with Gasteiger partial charge in [0.1, 0.15) is 6.04 Å². The zero-order chi connectivity index (χ0) is 17.0. The fraction of sp³-hybridized carbons (Fsp3) is 0.444. The van der Waals surface area contributed by atoms with Gasteiger partial charge in [0.05, 0.1) is 6.42 Å². The van der Waals surface area contributed by atoms with Crippen molar-refractivity contribution in [3.63, 3.8) is 0 Å². The highest BCUT2D eigenvalue weighted by molar-refractivity contribution is 5.91. The van der Waals surface area contributed by atoms with E-state index < -0.39 is 6.04 Å². The summed E-state index contributed by atoms with van der Waals surface area (Å²) in [6.45, 7) is 4.09. The molecule has 2 aromatic rings. The predicted molar refractivity (Wildman–Crippen MR) is 92.1 cm³/mol. The maximum absolute atomic E-state index is 12.4. The molecule has 1 aromatic carbocycles. The first-order valence-corrected chi connectivity index (χ1v) is 7.94. The van der Waals surface area contributed by atoms with Crippen molar-refractivity contribution in [2.24, 2.45) is 5.92 Å². The van der Waals surface area contributed by atoms with Gasteiger partial charge in [-0.05, 0) is 24.0 Å². The minimum Gasteiger partial charge on any atom is -0.361 e. The molecule has 0 spiro atoms. The topological polar surface area (TPSA) is 65.2 Å². The minimum absolute atomic E-state index is 0.0639. The summed E-state index contributed by atoms with van der Waals surface area (Å²) in [5.41, 5.74) is 1.96. The number of aromatic amines is 1. The largest absolute Gasteiger partial charge is 0.361 e. The molecule has 0 bridgehead atoms. The summed E-state index contributed by atoms with van der Waals surface area (Å²) in [5, 5.41) is 3.93. The van der Waals surface area contributed by atoms with Crippen LogP contribution in [0.1, 0.15) is 25.8 Å². The van der Waals surface area contributed by atoms with Crippen LogP contribution >= 0.6 is 0 Å². The second-order valence-corrected chi connectivity index (χ2v) is 6.52. The quantitative estimate of drug-likeness (QED) is 0.859. The summed E-state index contributed by atoms with van der Waals surface area (Å²) >= 11 is 0. The van der Waals surface area contributed by atoms with Gasteiger partial charge < -0.3 is 15.2 Å². The summed E-state index contributed by atoms with van der Waals surface area (Å²) in [4.78, 5) is 29.3. The van der Waals surface area contributed by atoms with Gasteiger partial charge in [0.15, 0.2) is 0 Å². The molecule has 0 aliphatic rings. The molecule has 5 heteroatoms. The first kappa shape index (κ1) is 17.1. The molecular formula is C18H25N3O2. The Morgan fingerprint density at radius 1 is 1.22 bits per heavy atom. The van der Waals surface area contributed by atoms with Crippen LogP contribution in [0.5, 0.6) is 0 Å². The lowest BCUT2D eigenvalue weighted by Crippen LogP contribution is -2.47. The smallest absolute Gasteiger partial charge is 0.244 e. The van der Waals surface area contributed by atoms with E-state index in [-0.39, 0.29) is 18.2 Å². The van der Waals surface area contributed by atoms with Gasteiger partial charge in [-0.2, -0.15) is 0 Å². The molecule has 0 radical (unpaired) electrons. The maximum atomic E-state index is 12.4. The molecule has 0 fully saturated rings. The molecule has 2 N–H and O–H groups in total. The van der Waals surface area contributed by atoms with Crippen molar-refractivity contribution < 1.29 is 9.59 Å². The van der Waals surface area contributed by atoms with Crippen LogP contribution in [0.3, 0.4) is 0 Å². The number of nitrogens with one attached hydrogen (secondary N) is 2. The van der Waals surface area contributed by atoms with Crippen molar-refractivity contribution in [1.82, 2.24) is 15.2 Å². The van der Waals surface area contributed by atoms with E-state index in [2.05, 4.69) is 10.3 Å². The molecule has 0 aliphatic carbocycles. The van der Waals surface area contributed by atoms with Crippen LogP contribution in [0.2, 0.25) is 0 Å². The van der Waals surface area contributed by atoms with E-state index in [1.165, 1.54) is 4.90 Å². The average Bonchev–Trinajstić information content (AvgIpc) is 2.88. The van der Waals surface area contributed by atoms with Crippen LogP contribution in [0.15, 0.2) is 30.5 Å². The van der Waals surface area contributed by atoms with Gasteiger partial charge in [-0.25, -0.2) is 0 Å². The van der Waals surface area contributed by atoms with Crippen molar-refractivity contribution in [2.75, 3.05) is 14.1 Å². The van der Waals surface area contributed by atoms with Crippen LogP contribution in [-0.2, 0) is 16.0 Å². The molecule has 0 saturated carbocycles. The number of likely N-dealkylation sites (N-methyl/N-ethyl adjacent to an activating group) is 1. The normalized spacial score (nSPS) is 12.4. The molecule has 23 heavy (non-hydrogen) atoms. The molecular weight excluding hydrogens is 290 g/mol. The third kappa shape index (κ3) is 4.34. The Hall–Kier alpha value is -2.30. The molecule has 124 valence electrons. The highest BCUT2D eigenvalue weighted by Crippen LogP contribution is 2.18. The molecule has 5 nitrogen and oxygen atoms in total. The Bertz CT molecular complexity index is 688. The highest BCUT2D eigenvalue weighted by Gasteiger charge is 2.23. The predicted octanol–water partition coefficient (Wildman–Crippen LogP) is 2.33. The zero-order valence-corrected chi connectivity index (χ0v) is 14.2. The first-order chi connectivity index (χ1) is 10.9. The van der Waals surface area contributed by atoms with Gasteiger partial charge in [0.25, 0.3) is 0 Å². The lowest BCUT2D eigenvalue weighted by atomic mass is 10.0. The Labute approximate surface area is 137 Å². The van der Waals surface area contributed by atoms with E-state index in [0.717, 1.165) is 16.5 Å². The van der Waals surface area contributed by atoms with Crippen molar-refractivity contribution in [3.8, 4) is 0 Å². The molecule has 0 unspecified atom stereocenters. The second-order valence-electron chi connectivity index (χ2n) is 6.52. The zero-order valence-electron chi connectivity index (χ0n) is 14.2. The lowest BCUT2D eigenvalue weighted by molar-refractivity contribution is -0.134. The number of aromatic nitrogens is 1. The fourth-order valence-electron chi connectivity index (χ4n) is 2.70. The molecule has 0 saturated heterocycles. The Balaban J connectivity index is 2.08.